The Morgan fingerprint density at radius 2 is 1.90 bits per heavy atom. The minimum Gasteiger partial charge on any atom is -0.319 e. The van der Waals surface area contributed by atoms with E-state index in [0.29, 0.717) is 0 Å². The lowest BCUT2D eigenvalue weighted by Gasteiger charge is -1.91. The van der Waals surface area contributed by atoms with E-state index in [0.717, 1.165) is 6.54 Å². The molecule has 0 aliphatic rings. The number of nitrogens with one attached hydrogen (secondary N) is 1. The lowest BCUT2D eigenvalue weighted by Crippen LogP contribution is -2.05. The molecule has 0 radical (unpaired) electrons. The Bertz CT molecular complexity index is 66.8. The molecule has 0 heterocycles. The molecule has 1 heteroatoms. The number of unbranched alkanes of at least 4 members (excludes halogenated alkanes) is 2. The van der Waals surface area contributed by atoms with Crippen molar-refractivity contribution in [1.29, 1.82) is 0 Å². The summed E-state index contributed by atoms with van der Waals surface area (Å²) in [6.07, 6.45) is 9.58. The maximum Gasteiger partial charge on any atom is -0.00173 e. The van der Waals surface area contributed by atoms with Gasteiger partial charge in [-0.3, -0.25) is 0 Å². The second-order valence-electron chi connectivity index (χ2n) is 2.51. The highest BCUT2D eigenvalue weighted by Crippen LogP contribution is 1.95. The van der Waals surface area contributed by atoms with Crippen LogP contribution in [0, 0.1) is 0 Å². The molecule has 0 rings (SSSR count). The van der Waals surface area contributed by atoms with Crippen LogP contribution in [-0.2, 0) is 0 Å². The molecule has 60 valence electrons. The Morgan fingerprint density at radius 3 is 2.50 bits per heavy atom. The molecule has 10 heavy (non-hydrogen) atoms. The molecule has 0 fully saturated rings. The van der Waals surface area contributed by atoms with Crippen LogP contribution in [0.25, 0.3) is 0 Å². The first-order valence-corrected chi connectivity index (χ1v) is 4.21. The van der Waals surface area contributed by atoms with Gasteiger partial charge in [-0.2, -0.15) is 0 Å². The van der Waals surface area contributed by atoms with Gasteiger partial charge < -0.3 is 5.32 Å². The Kier molecular flexibility index (Phi) is 8.44. The van der Waals surface area contributed by atoms with Crippen LogP contribution in [0.4, 0.5) is 0 Å². The van der Waals surface area contributed by atoms with Crippen LogP contribution in [0.2, 0.25) is 0 Å². The van der Waals surface area contributed by atoms with Gasteiger partial charge in [-0.15, -0.1) is 0 Å². The fourth-order valence-electron chi connectivity index (χ4n) is 0.785. The summed E-state index contributed by atoms with van der Waals surface area (Å²) in [7, 11) is 1.99. The minimum atomic E-state index is 1.10. The van der Waals surface area contributed by atoms with Gasteiger partial charge in [-0.25, -0.2) is 0 Å². The Balaban J connectivity index is 2.89. The van der Waals surface area contributed by atoms with E-state index in [1.165, 1.54) is 25.7 Å². The standard InChI is InChI=1S/C9H19N/c1-3-4-5-6-7-8-9-10-2/h6-7,10H,3-5,8-9H2,1-2H3. The molecule has 0 spiro atoms. The van der Waals surface area contributed by atoms with Gasteiger partial charge in [0.15, 0.2) is 0 Å². The second kappa shape index (κ2) is 8.70. The average Bonchev–Trinajstić information content (AvgIpc) is 1.97. The van der Waals surface area contributed by atoms with Crippen molar-refractivity contribution in [1.82, 2.24) is 5.32 Å². The third-order valence-electron chi connectivity index (χ3n) is 1.45. The van der Waals surface area contributed by atoms with Gasteiger partial charge in [0, 0.05) is 0 Å². The van der Waals surface area contributed by atoms with Gasteiger partial charge in [0.25, 0.3) is 0 Å². The maximum absolute atomic E-state index is 3.11. The normalized spacial score (nSPS) is 11.0. The fourth-order valence-corrected chi connectivity index (χ4v) is 0.785. The van der Waals surface area contributed by atoms with Gasteiger partial charge in [0.2, 0.25) is 0 Å². The van der Waals surface area contributed by atoms with E-state index >= 15 is 0 Å². The third-order valence-corrected chi connectivity index (χ3v) is 1.45. The molecule has 0 aromatic heterocycles. The molecule has 1 N–H and O–H groups in total. The van der Waals surface area contributed by atoms with E-state index in [1.807, 2.05) is 7.05 Å². The molecule has 0 saturated carbocycles. The molecular formula is C9H19N. The van der Waals surface area contributed by atoms with Gasteiger partial charge in [-0.05, 0) is 26.4 Å². The first kappa shape index (κ1) is 9.70. The van der Waals surface area contributed by atoms with E-state index < -0.39 is 0 Å². The summed E-state index contributed by atoms with van der Waals surface area (Å²) >= 11 is 0. The highest BCUT2D eigenvalue weighted by atomic mass is 14.8. The van der Waals surface area contributed by atoms with Gasteiger partial charge in [0.05, 0.1) is 0 Å². The molecular weight excluding hydrogens is 122 g/mol. The van der Waals surface area contributed by atoms with E-state index in [2.05, 4.69) is 24.4 Å². The summed E-state index contributed by atoms with van der Waals surface area (Å²) in [6.45, 7) is 3.32. The van der Waals surface area contributed by atoms with E-state index in [4.69, 9.17) is 0 Å². The van der Waals surface area contributed by atoms with Crippen LogP contribution < -0.4 is 5.32 Å². The first-order valence-electron chi connectivity index (χ1n) is 4.21. The quantitative estimate of drug-likeness (QED) is 0.442. The lowest BCUT2D eigenvalue weighted by molar-refractivity contribution is 0.791. The van der Waals surface area contributed by atoms with Crippen LogP contribution in [0.1, 0.15) is 32.6 Å². The Labute approximate surface area is 64.5 Å². The summed E-state index contributed by atoms with van der Waals surface area (Å²) in [5.41, 5.74) is 0. The second-order valence-corrected chi connectivity index (χ2v) is 2.51. The fraction of sp³-hybridized carbons (Fsp3) is 0.778. The number of hydrogen-bond acceptors (Lipinski definition) is 1. The first-order chi connectivity index (χ1) is 4.91. The Hall–Kier alpha value is -0.300. The van der Waals surface area contributed by atoms with E-state index in [9.17, 15) is 0 Å². The van der Waals surface area contributed by atoms with Crippen molar-refractivity contribution in [2.24, 2.45) is 0 Å². The largest absolute Gasteiger partial charge is 0.319 e. The molecule has 0 aromatic carbocycles. The highest BCUT2D eigenvalue weighted by molar-refractivity contribution is 4.81. The van der Waals surface area contributed by atoms with Crippen molar-refractivity contribution in [2.45, 2.75) is 32.6 Å². The smallest absolute Gasteiger partial charge is 0.00173 e. The molecule has 0 saturated heterocycles. The highest BCUT2D eigenvalue weighted by Gasteiger charge is 1.78. The zero-order valence-electron chi connectivity index (χ0n) is 7.19. The zero-order valence-corrected chi connectivity index (χ0v) is 7.19. The summed E-state index contributed by atoms with van der Waals surface area (Å²) in [6, 6.07) is 0. The van der Waals surface area contributed by atoms with Crippen molar-refractivity contribution in [2.75, 3.05) is 13.6 Å². The van der Waals surface area contributed by atoms with Crippen molar-refractivity contribution < 1.29 is 0 Å². The topological polar surface area (TPSA) is 12.0 Å². The molecule has 0 unspecified atom stereocenters. The maximum atomic E-state index is 3.11. The number of hydrogen-bond donors (Lipinski definition) is 1. The van der Waals surface area contributed by atoms with Crippen molar-refractivity contribution in [3.05, 3.63) is 12.2 Å². The summed E-state index contributed by atoms with van der Waals surface area (Å²) in [5.74, 6) is 0. The number of allylic oxidation sites excluding steroid dienone is 1. The summed E-state index contributed by atoms with van der Waals surface area (Å²) in [4.78, 5) is 0. The van der Waals surface area contributed by atoms with Gasteiger partial charge in [0.1, 0.15) is 0 Å². The molecule has 0 aliphatic carbocycles. The molecule has 0 bridgehead atoms. The molecule has 0 atom stereocenters. The Morgan fingerprint density at radius 1 is 1.20 bits per heavy atom. The van der Waals surface area contributed by atoms with Gasteiger partial charge >= 0.3 is 0 Å². The minimum absolute atomic E-state index is 1.10. The van der Waals surface area contributed by atoms with Crippen LogP contribution in [0.5, 0.6) is 0 Å². The van der Waals surface area contributed by atoms with Crippen LogP contribution in [-0.4, -0.2) is 13.6 Å². The average molecular weight is 141 g/mol. The van der Waals surface area contributed by atoms with Gasteiger partial charge in [-0.1, -0.05) is 31.9 Å². The third kappa shape index (κ3) is 7.70. The van der Waals surface area contributed by atoms with E-state index in [-0.39, 0.29) is 0 Å². The van der Waals surface area contributed by atoms with Crippen LogP contribution >= 0.6 is 0 Å². The monoisotopic (exact) mass is 141 g/mol. The van der Waals surface area contributed by atoms with Crippen molar-refractivity contribution in [3.63, 3.8) is 0 Å². The van der Waals surface area contributed by atoms with E-state index in [1.54, 1.807) is 0 Å². The molecule has 0 aromatic rings. The van der Waals surface area contributed by atoms with Crippen molar-refractivity contribution in [3.8, 4) is 0 Å². The summed E-state index contributed by atoms with van der Waals surface area (Å²) in [5, 5.41) is 3.11. The summed E-state index contributed by atoms with van der Waals surface area (Å²) < 4.78 is 0. The van der Waals surface area contributed by atoms with Crippen LogP contribution in [0.15, 0.2) is 12.2 Å². The predicted octanol–water partition coefficient (Wildman–Crippen LogP) is 2.34. The molecule has 1 nitrogen and oxygen atoms in total. The molecule has 0 aliphatic heterocycles. The SMILES string of the molecule is CCCCC=CCCNC. The molecule has 0 amide bonds. The van der Waals surface area contributed by atoms with Crippen molar-refractivity contribution >= 4 is 0 Å². The predicted molar refractivity (Wildman–Crippen MR) is 47.2 cm³/mol. The zero-order chi connectivity index (χ0) is 7.66. The number of rotatable bonds is 6. The lowest BCUT2D eigenvalue weighted by atomic mass is 10.2. The van der Waals surface area contributed by atoms with Crippen LogP contribution in [0.3, 0.4) is 0 Å².